The second-order valence-corrected chi connectivity index (χ2v) is 1.42. The maximum Gasteiger partial charge on any atom is 0.421 e. The zero-order valence-electron chi connectivity index (χ0n) is 5.31. The molecule has 0 radical (unpaired) electrons. The van der Waals surface area contributed by atoms with Gasteiger partial charge in [-0.15, -0.1) is 0 Å². The average Bonchev–Trinajstić information content (AvgIpc) is 1.81. The fourth-order valence-electron chi connectivity index (χ4n) is 0.358. The first-order valence-electron chi connectivity index (χ1n) is 2.47. The molecule has 2 N–H and O–H groups in total. The summed E-state index contributed by atoms with van der Waals surface area (Å²) in [6.07, 6.45) is -0.747. The highest BCUT2D eigenvalue weighted by Crippen LogP contribution is 1.91. The van der Waals surface area contributed by atoms with E-state index in [1.54, 1.807) is 0 Å². The van der Waals surface area contributed by atoms with Crippen molar-refractivity contribution in [3.05, 3.63) is 12.3 Å². The van der Waals surface area contributed by atoms with E-state index in [0.29, 0.717) is 0 Å². The van der Waals surface area contributed by atoms with Gasteiger partial charge in [0.25, 0.3) is 0 Å². The highest BCUT2D eigenvalue weighted by molar-refractivity contribution is 5.86. The summed E-state index contributed by atoms with van der Waals surface area (Å²) in [5.74, 6) is 0. The molecular formula is C5H7NO4. The molecule has 2 amide bonds. The van der Waals surface area contributed by atoms with Crippen molar-refractivity contribution in [2.75, 3.05) is 0 Å². The third kappa shape index (κ3) is 2.17. The van der Waals surface area contributed by atoms with Gasteiger partial charge in [0.05, 0.1) is 0 Å². The molecule has 0 saturated carbocycles. The molecule has 0 aromatic rings. The Morgan fingerprint density at radius 3 is 1.80 bits per heavy atom. The van der Waals surface area contributed by atoms with Gasteiger partial charge in [-0.05, 0) is 6.92 Å². The minimum Gasteiger partial charge on any atom is -0.464 e. The van der Waals surface area contributed by atoms with Gasteiger partial charge in [0.15, 0.2) is 0 Å². The maximum absolute atomic E-state index is 10.0. The molecule has 0 unspecified atom stereocenters. The third-order valence-corrected chi connectivity index (χ3v) is 0.710. The molecule has 0 atom stereocenters. The lowest BCUT2D eigenvalue weighted by molar-refractivity contribution is 0.139. The second kappa shape index (κ2) is 3.49. The monoisotopic (exact) mass is 145 g/mol. The lowest BCUT2D eigenvalue weighted by Crippen LogP contribution is -2.28. The fourth-order valence-corrected chi connectivity index (χ4v) is 0.358. The van der Waals surface area contributed by atoms with Crippen LogP contribution in [0.25, 0.3) is 0 Å². The van der Waals surface area contributed by atoms with Gasteiger partial charge >= 0.3 is 12.2 Å². The highest BCUT2D eigenvalue weighted by atomic mass is 16.4. The molecular weight excluding hydrogens is 138 g/mol. The second-order valence-electron chi connectivity index (χ2n) is 1.42. The van der Waals surface area contributed by atoms with Crippen molar-refractivity contribution >= 4 is 12.2 Å². The van der Waals surface area contributed by atoms with Crippen LogP contribution in [0.5, 0.6) is 0 Å². The van der Waals surface area contributed by atoms with Crippen molar-refractivity contribution in [1.82, 2.24) is 4.90 Å². The van der Waals surface area contributed by atoms with E-state index in [1.807, 2.05) is 0 Å². The molecule has 0 heterocycles. The Bertz CT molecular complexity index is 160. The first-order chi connectivity index (χ1) is 4.59. The van der Waals surface area contributed by atoms with E-state index in [4.69, 9.17) is 10.2 Å². The van der Waals surface area contributed by atoms with E-state index in [9.17, 15) is 9.59 Å². The summed E-state index contributed by atoms with van der Waals surface area (Å²) in [5.41, 5.74) is 0. The predicted octanol–water partition coefficient (Wildman–Crippen LogP) is 1.18. The molecule has 0 fully saturated rings. The topological polar surface area (TPSA) is 77.8 Å². The van der Waals surface area contributed by atoms with Crippen molar-refractivity contribution in [1.29, 1.82) is 0 Å². The van der Waals surface area contributed by atoms with Gasteiger partial charge in [0, 0.05) is 6.20 Å². The quantitative estimate of drug-likeness (QED) is 0.580. The molecule has 0 aromatic carbocycles. The smallest absolute Gasteiger partial charge is 0.421 e. The van der Waals surface area contributed by atoms with E-state index in [2.05, 4.69) is 0 Å². The number of imide groups is 1. The first-order valence-corrected chi connectivity index (χ1v) is 2.47. The summed E-state index contributed by atoms with van der Waals surface area (Å²) in [6.45, 7) is 1.53. The lowest BCUT2D eigenvalue weighted by Gasteiger charge is -2.05. The molecule has 0 aliphatic rings. The zero-order valence-corrected chi connectivity index (χ0v) is 5.31. The first kappa shape index (κ1) is 8.48. The van der Waals surface area contributed by atoms with E-state index < -0.39 is 12.2 Å². The summed E-state index contributed by atoms with van der Waals surface area (Å²) in [4.78, 5) is 20.2. The largest absolute Gasteiger partial charge is 0.464 e. The van der Waals surface area contributed by atoms with Crippen LogP contribution in [0.3, 0.4) is 0 Å². The summed E-state index contributed by atoms with van der Waals surface area (Å²) in [5, 5.41) is 16.3. The van der Waals surface area contributed by atoms with Crippen LogP contribution >= 0.6 is 0 Å². The number of hydrogen-bond acceptors (Lipinski definition) is 2. The van der Waals surface area contributed by atoms with E-state index >= 15 is 0 Å². The van der Waals surface area contributed by atoms with E-state index in [-0.39, 0.29) is 4.90 Å². The molecule has 5 nitrogen and oxygen atoms in total. The Labute approximate surface area is 57.2 Å². The summed E-state index contributed by atoms with van der Waals surface area (Å²) >= 11 is 0. The van der Waals surface area contributed by atoms with Crippen LogP contribution in [0.2, 0.25) is 0 Å². The number of carbonyl (C=O) groups is 2. The highest BCUT2D eigenvalue weighted by Gasteiger charge is 2.14. The van der Waals surface area contributed by atoms with Gasteiger partial charge in [-0.3, -0.25) is 0 Å². The molecule has 0 saturated heterocycles. The van der Waals surface area contributed by atoms with E-state index in [0.717, 1.165) is 6.20 Å². The van der Waals surface area contributed by atoms with Crippen molar-refractivity contribution in [3.8, 4) is 0 Å². The number of rotatable bonds is 1. The molecule has 0 aromatic heterocycles. The van der Waals surface area contributed by atoms with Gasteiger partial charge in [0.1, 0.15) is 0 Å². The maximum atomic E-state index is 10.0. The Hall–Kier alpha value is -1.52. The number of allylic oxidation sites excluding steroid dienone is 1. The molecule has 5 heteroatoms. The third-order valence-electron chi connectivity index (χ3n) is 0.710. The van der Waals surface area contributed by atoms with E-state index in [1.165, 1.54) is 13.0 Å². The van der Waals surface area contributed by atoms with Crippen LogP contribution in [0, 0.1) is 0 Å². The van der Waals surface area contributed by atoms with Gasteiger partial charge < -0.3 is 10.2 Å². The molecule has 0 aliphatic heterocycles. The standard InChI is InChI=1S/C5H7NO4/c1-2-3-6(4(7)8)5(9)10/h2-3H,1H3,(H,7,8)(H,9,10)/b3-2-. The fraction of sp³-hybridized carbons (Fsp3) is 0.200. The summed E-state index contributed by atoms with van der Waals surface area (Å²) in [6, 6.07) is 0. The van der Waals surface area contributed by atoms with Crippen molar-refractivity contribution < 1.29 is 19.8 Å². The van der Waals surface area contributed by atoms with Crippen LogP contribution in [-0.4, -0.2) is 27.3 Å². The molecule has 10 heavy (non-hydrogen) atoms. The van der Waals surface area contributed by atoms with Gasteiger partial charge in [-0.2, -0.15) is 4.90 Å². The van der Waals surface area contributed by atoms with Gasteiger partial charge in [0.2, 0.25) is 0 Å². The van der Waals surface area contributed by atoms with Crippen LogP contribution in [0.4, 0.5) is 9.59 Å². The summed E-state index contributed by atoms with van der Waals surface area (Å²) in [7, 11) is 0. The minimum atomic E-state index is -1.51. The Kier molecular flexibility index (Phi) is 2.96. The Balaban J connectivity index is 4.27. The van der Waals surface area contributed by atoms with Gasteiger partial charge in [-0.1, -0.05) is 6.08 Å². The summed E-state index contributed by atoms with van der Waals surface area (Å²) < 4.78 is 0. The van der Waals surface area contributed by atoms with Crippen LogP contribution in [0.15, 0.2) is 12.3 Å². The van der Waals surface area contributed by atoms with Gasteiger partial charge in [-0.25, -0.2) is 9.59 Å². The van der Waals surface area contributed by atoms with Crippen LogP contribution in [-0.2, 0) is 0 Å². The Morgan fingerprint density at radius 1 is 1.30 bits per heavy atom. The van der Waals surface area contributed by atoms with Crippen molar-refractivity contribution in [3.63, 3.8) is 0 Å². The van der Waals surface area contributed by atoms with Crippen molar-refractivity contribution in [2.45, 2.75) is 6.92 Å². The molecule has 0 rings (SSSR count). The molecule has 56 valence electrons. The van der Waals surface area contributed by atoms with Crippen LogP contribution < -0.4 is 0 Å². The normalized spacial score (nSPS) is 9.70. The number of hydrogen-bond donors (Lipinski definition) is 2. The molecule has 0 aliphatic carbocycles. The number of nitrogens with zero attached hydrogens (tertiary/aromatic N) is 1. The number of carboxylic acid groups (broad SMARTS) is 2. The minimum absolute atomic E-state index is 0.167. The SMILES string of the molecule is C/C=C\N(C(=O)O)C(=O)O. The Morgan fingerprint density at radius 2 is 1.70 bits per heavy atom. The predicted molar refractivity (Wildman–Crippen MR) is 32.7 cm³/mol. The average molecular weight is 145 g/mol. The lowest BCUT2D eigenvalue weighted by atomic mass is 10.6. The van der Waals surface area contributed by atoms with Crippen LogP contribution in [0.1, 0.15) is 6.92 Å². The molecule has 0 bridgehead atoms. The van der Waals surface area contributed by atoms with Crippen molar-refractivity contribution in [2.24, 2.45) is 0 Å². The molecule has 0 spiro atoms. The number of amides is 2. The zero-order chi connectivity index (χ0) is 8.15.